The lowest BCUT2D eigenvalue weighted by atomic mass is 9.78. The van der Waals surface area contributed by atoms with Crippen LogP contribution in [-0.4, -0.2) is 38.1 Å². The van der Waals surface area contributed by atoms with Gasteiger partial charge in [-0.15, -0.1) is 0 Å². The van der Waals surface area contributed by atoms with Crippen LogP contribution in [0.25, 0.3) is 0 Å². The van der Waals surface area contributed by atoms with Gasteiger partial charge in [-0.3, -0.25) is 0 Å². The number of hydrogen-bond acceptors (Lipinski definition) is 3. The summed E-state index contributed by atoms with van der Waals surface area (Å²) < 4.78 is 16.2. The minimum Gasteiger partial charge on any atom is -0.373 e. The fourth-order valence-corrected chi connectivity index (χ4v) is 2.65. The van der Waals surface area contributed by atoms with Gasteiger partial charge in [0.2, 0.25) is 0 Å². The molecule has 0 aliphatic carbocycles. The summed E-state index contributed by atoms with van der Waals surface area (Å²) in [6, 6.07) is 0. The van der Waals surface area contributed by atoms with Crippen LogP contribution < -0.4 is 0 Å². The van der Waals surface area contributed by atoms with Crippen molar-refractivity contribution in [1.82, 2.24) is 0 Å². The highest BCUT2D eigenvalue weighted by Gasteiger charge is 2.49. The number of hydrogen-bond donors (Lipinski definition) is 0. The Morgan fingerprint density at radius 3 is 1.43 bits per heavy atom. The zero-order valence-electron chi connectivity index (χ0n) is 8.81. The maximum atomic E-state index is 5.46. The molecule has 3 heterocycles. The molecule has 3 aliphatic heterocycles. The number of rotatable bonds is 5. The Bertz CT molecular complexity index is 201. The summed E-state index contributed by atoms with van der Waals surface area (Å²) in [5.74, 6) is 1.89. The van der Waals surface area contributed by atoms with Crippen LogP contribution in [0.2, 0.25) is 0 Å². The Balaban J connectivity index is 1.66. The Hall–Kier alpha value is -0.120. The van der Waals surface area contributed by atoms with Crippen molar-refractivity contribution >= 4 is 0 Å². The van der Waals surface area contributed by atoms with Gasteiger partial charge in [-0.25, -0.2) is 0 Å². The number of ether oxygens (including phenoxy) is 3. The molecule has 0 aromatic heterocycles. The van der Waals surface area contributed by atoms with E-state index < -0.39 is 0 Å². The zero-order valence-corrected chi connectivity index (χ0v) is 8.81. The van der Waals surface area contributed by atoms with Crippen molar-refractivity contribution in [3.63, 3.8) is 0 Å². The molecule has 0 bridgehead atoms. The van der Waals surface area contributed by atoms with Crippen LogP contribution in [-0.2, 0) is 14.2 Å². The monoisotopic (exact) mass is 198 g/mol. The molecule has 5 unspecified atom stereocenters. The first kappa shape index (κ1) is 9.13. The predicted molar refractivity (Wildman–Crippen MR) is 51.0 cm³/mol. The van der Waals surface area contributed by atoms with E-state index in [1.165, 1.54) is 0 Å². The van der Waals surface area contributed by atoms with Crippen LogP contribution >= 0.6 is 0 Å². The molecular weight excluding hydrogens is 180 g/mol. The molecule has 0 aromatic rings. The second kappa shape index (κ2) is 3.19. The fourth-order valence-electron chi connectivity index (χ4n) is 2.65. The Morgan fingerprint density at radius 1 is 0.786 bits per heavy atom. The molecular formula is C11H18O3. The Kier molecular flexibility index (Phi) is 2.08. The summed E-state index contributed by atoms with van der Waals surface area (Å²) in [6.45, 7) is 7.43. The van der Waals surface area contributed by atoms with Crippen molar-refractivity contribution < 1.29 is 14.2 Å². The molecule has 3 rings (SSSR count). The van der Waals surface area contributed by atoms with E-state index in [1.807, 2.05) is 0 Å². The van der Waals surface area contributed by atoms with E-state index >= 15 is 0 Å². The summed E-state index contributed by atoms with van der Waals surface area (Å²) in [7, 11) is 0. The molecule has 80 valence electrons. The predicted octanol–water partition coefficient (Wildman–Crippen LogP) is 1.07. The van der Waals surface area contributed by atoms with Crippen molar-refractivity contribution in [2.24, 2.45) is 17.8 Å². The Labute approximate surface area is 84.7 Å². The van der Waals surface area contributed by atoms with Crippen molar-refractivity contribution in [3.8, 4) is 0 Å². The topological polar surface area (TPSA) is 37.6 Å². The van der Waals surface area contributed by atoms with Gasteiger partial charge in [0.15, 0.2) is 0 Å². The van der Waals surface area contributed by atoms with Crippen molar-refractivity contribution in [1.29, 1.82) is 0 Å². The zero-order chi connectivity index (χ0) is 9.71. The second-order valence-electron chi connectivity index (χ2n) is 4.91. The van der Waals surface area contributed by atoms with E-state index in [-0.39, 0.29) is 0 Å². The summed E-state index contributed by atoms with van der Waals surface area (Å²) in [5, 5.41) is 0. The van der Waals surface area contributed by atoms with Gasteiger partial charge < -0.3 is 14.2 Å². The summed E-state index contributed by atoms with van der Waals surface area (Å²) in [5.41, 5.74) is 0. The molecule has 0 aromatic carbocycles. The van der Waals surface area contributed by atoms with E-state index in [1.54, 1.807) is 0 Å². The fraction of sp³-hybridized carbons (Fsp3) is 1.00. The molecule has 0 amide bonds. The molecule has 3 heteroatoms. The third-order valence-corrected chi connectivity index (χ3v) is 3.89. The minimum atomic E-state index is 0.480. The van der Waals surface area contributed by atoms with E-state index in [0.29, 0.717) is 36.1 Å². The van der Waals surface area contributed by atoms with E-state index in [4.69, 9.17) is 14.2 Å². The Morgan fingerprint density at radius 2 is 1.14 bits per heavy atom. The molecule has 3 nitrogen and oxygen atoms in total. The lowest BCUT2D eigenvalue weighted by molar-refractivity contribution is 0.140. The highest BCUT2D eigenvalue weighted by molar-refractivity contribution is 4.95. The van der Waals surface area contributed by atoms with Gasteiger partial charge in [-0.2, -0.15) is 0 Å². The second-order valence-corrected chi connectivity index (χ2v) is 4.91. The summed E-state index contributed by atoms with van der Waals surface area (Å²) in [4.78, 5) is 0. The molecule has 3 aliphatic rings. The standard InChI is InChI=1S/C11H18O3/c1-6(8-3-12-8)11(10-5-14-10)7(2)9-4-13-9/h6-11H,3-5H2,1-2H3. The third kappa shape index (κ3) is 1.69. The number of epoxide rings is 3. The largest absolute Gasteiger partial charge is 0.373 e. The SMILES string of the molecule is CC(C1CO1)C(C1CO1)C(C)C1CO1. The van der Waals surface area contributed by atoms with Crippen LogP contribution in [0.5, 0.6) is 0 Å². The summed E-state index contributed by atoms with van der Waals surface area (Å²) in [6.07, 6.45) is 1.46. The smallest absolute Gasteiger partial charge is 0.0845 e. The first-order valence-corrected chi connectivity index (χ1v) is 5.62. The van der Waals surface area contributed by atoms with Crippen LogP contribution in [0.1, 0.15) is 13.8 Å². The van der Waals surface area contributed by atoms with Crippen molar-refractivity contribution in [2.75, 3.05) is 19.8 Å². The third-order valence-electron chi connectivity index (χ3n) is 3.89. The normalized spacial score (nSPS) is 45.4. The van der Waals surface area contributed by atoms with Crippen molar-refractivity contribution in [2.45, 2.75) is 32.2 Å². The highest BCUT2D eigenvalue weighted by atomic mass is 16.6. The highest BCUT2D eigenvalue weighted by Crippen LogP contribution is 2.42. The average Bonchev–Trinajstić information content (AvgIpc) is 3.00. The van der Waals surface area contributed by atoms with Gasteiger partial charge in [0.25, 0.3) is 0 Å². The summed E-state index contributed by atoms with van der Waals surface area (Å²) >= 11 is 0. The lowest BCUT2D eigenvalue weighted by Crippen LogP contribution is -2.31. The lowest BCUT2D eigenvalue weighted by Gasteiger charge is -2.26. The van der Waals surface area contributed by atoms with Crippen molar-refractivity contribution in [3.05, 3.63) is 0 Å². The molecule has 3 saturated heterocycles. The van der Waals surface area contributed by atoms with E-state index in [0.717, 1.165) is 19.8 Å². The minimum absolute atomic E-state index is 0.480. The van der Waals surface area contributed by atoms with Gasteiger partial charge in [-0.05, 0) is 17.8 Å². The molecule has 0 radical (unpaired) electrons. The molecule has 0 N–H and O–H groups in total. The first-order valence-electron chi connectivity index (χ1n) is 5.62. The quantitative estimate of drug-likeness (QED) is 0.620. The molecule has 0 spiro atoms. The van der Waals surface area contributed by atoms with Crippen LogP contribution in [0.4, 0.5) is 0 Å². The first-order chi connectivity index (χ1) is 6.77. The molecule has 3 fully saturated rings. The van der Waals surface area contributed by atoms with Gasteiger partial charge in [-0.1, -0.05) is 13.8 Å². The van der Waals surface area contributed by atoms with Gasteiger partial charge in [0, 0.05) is 0 Å². The maximum Gasteiger partial charge on any atom is 0.0845 e. The van der Waals surface area contributed by atoms with Gasteiger partial charge >= 0.3 is 0 Å². The molecule has 14 heavy (non-hydrogen) atoms. The van der Waals surface area contributed by atoms with Gasteiger partial charge in [0.1, 0.15) is 0 Å². The van der Waals surface area contributed by atoms with E-state index in [9.17, 15) is 0 Å². The van der Waals surface area contributed by atoms with E-state index in [2.05, 4.69) is 13.8 Å². The van der Waals surface area contributed by atoms with Crippen LogP contribution in [0.3, 0.4) is 0 Å². The molecule has 5 atom stereocenters. The van der Waals surface area contributed by atoms with Crippen LogP contribution in [0, 0.1) is 17.8 Å². The van der Waals surface area contributed by atoms with Crippen LogP contribution in [0.15, 0.2) is 0 Å². The molecule has 0 saturated carbocycles. The van der Waals surface area contributed by atoms with Gasteiger partial charge in [0.05, 0.1) is 38.1 Å². The maximum absolute atomic E-state index is 5.46. The average molecular weight is 198 g/mol.